The van der Waals surface area contributed by atoms with E-state index in [9.17, 15) is 34.8 Å². The van der Waals surface area contributed by atoms with Crippen LogP contribution in [-0.4, -0.2) is 107 Å². The molecule has 0 spiro atoms. The van der Waals surface area contributed by atoms with E-state index in [1.807, 2.05) is 43.3 Å². The van der Waals surface area contributed by atoms with Crippen molar-refractivity contribution in [1.82, 2.24) is 9.80 Å². The first-order chi connectivity index (χ1) is 22.2. The van der Waals surface area contributed by atoms with Gasteiger partial charge in [-0.2, -0.15) is 0 Å². The van der Waals surface area contributed by atoms with E-state index < -0.39 is 58.0 Å². The lowest BCUT2D eigenvalue weighted by molar-refractivity contribution is -0.153. The Morgan fingerprint density at radius 1 is 1.06 bits per heavy atom. The maximum absolute atomic E-state index is 14.2. The number of nitrogens with two attached hydrogens (primary N) is 1. The van der Waals surface area contributed by atoms with E-state index in [4.69, 9.17) is 5.73 Å². The molecule has 7 N–H and O–H groups in total. The van der Waals surface area contributed by atoms with Gasteiger partial charge in [0.25, 0.3) is 5.91 Å². The number of piperidine rings is 1. The second-order valence-electron chi connectivity index (χ2n) is 13.7. The molecule has 250 valence electrons. The van der Waals surface area contributed by atoms with Crippen molar-refractivity contribution in [3.63, 3.8) is 0 Å². The van der Waals surface area contributed by atoms with Crippen LogP contribution in [0.25, 0.3) is 5.76 Å². The number of aliphatic hydroxyl groups is 3. The summed E-state index contributed by atoms with van der Waals surface area (Å²) in [4.78, 5) is 45.6. The number of carbonyl (C=O) groups excluding carboxylic acids is 3. The van der Waals surface area contributed by atoms with E-state index in [1.54, 1.807) is 14.1 Å². The molecule has 47 heavy (non-hydrogen) atoms. The summed E-state index contributed by atoms with van der Waals surface area (Å²) >= 11 is 0. The minimum absolute atomic E-state index is 0.0426. The Bertz CT molecular complexity index is 1690. The molecule has 1 aliphatic heterocycles. The van der Waals surface area contributed by atoms with Crippen LogP contribution in [0.2, 0.25) is 0 Å². The number of nitrogens with one attached hydrogen (secondary N) is 1. The van der Waals surface area contributed by atoms with Crippen LogP contribution in [0.1, 0.15) is 36.0 Å². The SMILES string of the molecule is CN(C)c1cc(NC2CCN(Cc3ccccc3)CC2)c(O)c2c1CC1CC3C(N(C)C)C(=O)C(C(N)=O)=C(O)C3(O)C(=O)C1=C2O. The number of fused-ring (bicyclic) bond motifs is 3. The highest BCUT2D eigenvalue weighted by molar-refractivity contribution is 6.24. The molecule has 1 amide bonds. The number of benzene rings is 2. The van der Waals surface area contributed by atoms with Crippen molar-refractivity contribution in [2.75, 3.05) is 51.5 Å². The summed E-state index contributed by atoms with van der Waals surface area (Å²) < 4.78 is 0. The number of hydrogen-bond donors (Lipinski definition) is 6. The fourth-order valence-electron chi connectivity index (χ4n) is 8.10. The van der Waals surface area contributed by atoms with Gasteiger partial charge in [0, 0.05) is 56.9 Å². The van der Waals surface area contributed by atoms with Crippen LogP contribution >= 0.6 is 0 Å². The number of rotatable bonds is 7. The van der Waals surface area contributed by atoms with Gasteiger partial charge in [0.05, 0.1) is 17.3 Å². The molecular formula is C35H43N5O7. The molecule has 2 aromatic carbocycles. The molecular weight excluding hydrogens is 602 g/mol. The number of aliphatic hydroxyl groups excluding tert-OH is 2. The van der Waals surface area contributed by atoms with Crippen LogP contribution in [0.5, 0.6) is 5.75 Å². The average molecular weight is 646 g/mol. The summed E-state index contributed by atoms with van der Waals surface area (Å²) in [5, 5.41) is 49.9. The minimum Gasteiger partial charge on any atom is -0.508 e. The summed E-state index contributed by atoms with van der Waals surface area (Å²) in [5.74, 6) is -6.62. The molecule has 0 radical (unpaired) electrons. The van der Waals surface area contributed by atoms with E-state index in [0.29, 0.717) is 11.3 Å². The minimum atomic E-state index is -2.67. The van der Waals surface area contributed by atoms with Crippen molar-refractivity contribution in [1.29, 1.82) is 0 Å². The largest absolute Gasteiger partial charge is 0.508 e. The molecule has 2 fully saturated rings. The molecule has 2 aromatic rings. The van der Waals surface area contributed by atoms with Gasteiger partial charge in [-0.1, -0.05) is 30.3 Å². The topological polar surface area (TPSA) is 180 Å². The summed E-state index contributed by atoms with van der Waals surface area (Å²) in [6.07, 6.45) is 1.94. The van der Waals surface area contributed by atoms with E-state index in [-0.39, 0.29) is 35.8 Å². The molecule has 1 saturated heterocycles. The Balaban J connectivity index is 1.36. The fraction of sp³-hybridized carbons (Fsp3) is 0.457. The normalized spacial score (nSPS) is 26.6. The zero-order valence-corrected chi connectivity index (χ0v) is 27.2. The standard InChI is InChI=1S/C35H43N5O7/c1-38(2)24-16-23(37-20-10-12-40(13-11-20)17-18-8-6-5-7-9-18)29(41)26-21(24)14-19-15-22-28(39(3)4)31(43)27(34(36)46)33(45)35(22,47)32(44)25(19)30(26)42/h5-9,16,19-20,22,28,37,41-42,45,47H,10-15,17H2,1-4H3,(H2,36,46). The van der Waals surface area contributed by atoms with Gasteiger partial charge >= 0.3 is 0 Å². The summed E-state index contributed by atoms with van der Waals surface area (Å²) in [5.41, 5.74) is 4.88. The number of anilines is 2. The first kappa shape index (κ1) is 32.5. The van der Waals surface area contributed by atoms with E-state index in [1.165, 1.54) is 10.5 Å². The number of phenolic OH excluding ortho intramolecular Hbond substituents is 1. The van der Waals surface area contributed by atoms with Crippen molar-refractivity contribution >= 4 is 34.6 Å². The molecule has 1 saturated carbocycles. The Labute approximate surface area is 273 Å². The zero-order valence-electron chi connectivity index (χ0n) is 27.2. The first-order valence-electron chi connectivity index (χ1n) is 16.0. The predicted octanol–water partition coefficient (Wildman–Crippen LogP) is 2.11. The number of primary amides is 1. The smallest absolute Gasteiger partial charge is 0.255 e. The Kier molecular flexibility index (Phi) is 8.31. The number of hydrogen-bond acceptors (Lipinski definition) is 11. The van der Waals surface area contributed by atoms with Crippen molar-refractivity contribution < 1.29 is 34.8 Å². The van der Waals surface area contributed by atoms with Crippen molar-refractivity contribution in [2.24, 2.45) is 17.6 Å². The third-order valence-corrected chi connectivity index (χ3v) is 10.4. The molecule has 0 aromatic heterocycles. The molecule has 4 unspecified atom stereocenters. The highest BCUT2D eigenvalue weighted by atomic mass is 16.3. The van der Waals surface area contributed by atoms with Gasteiger partial charge in [-0.15, -0.1) is 0 Å². The predicted molar refractivity (Wildman–Crippen MR) is 177 cm³/mol. The number of carbonyl (C=O) groups is 3. The number of amides is 1. The van der Waals surface area contributed by atoms with Crippen molar-refractivity contribution in [2.45, 2.75) is 49.9 Å². The number of ketones is 2. The maximum atomic E-state index is 14.2. The van der Waals surface area contributed by atoms with Crippen molar-refractivity contribution in [3.05, 3.63) is 70.0 Å². The lowest BCUT2D eigenvalue weighted by atomic mass is 9.57. The van der Waals surface area contributed by atoms with Crippen molar-refractivity contribution in [3.8, 4) is 5.75 Å². The van der Waals surface area contributed by atoms with Crippen LogP contribution in [0, 0.1) is 11.8 Å². The van der Waals surface area contributed by atoms with Gasteiger partial charge in [0.1, 0.15) is 22.8 Å². The number of Topliss-reactive ketones (excluding diaryl/α,β-unsaturated/α-hetero) is 2. The molecule has 6 rings (SSSR count). The van der Waals surface area contributed by atoms with Gasteiger partial charge in [0.15, 0.2) is 11.4 Å². The number of nitrogens with zero attached hydrogens (tertiary/aromatic N) is 3. The number of aromatic hydroxyl groups is 1. The summed E-state index contributed by atoms with van der Waals surface area (Å²) in [6.45, 7) is 2.59. The quantitative estimate of drug-likeness (QED) is 0.192. The molecule has 4 atom stereocenters. The maximum Gasteiger partial charge on any atom is 0.255 e. The Morgan fingerprint density at radius 3 is 2.32 bits per heavy atom. The molecule has 0 bridgehead atoms. The third kappa shape index (κ3) is 5.24. The second kappa shape index (κ2) is 12.0. The molecule has 1 heterocycles. The van der Waals surface area contributed by atoms with Gasteiger partial charge in [-0.05, 0) is 62.9 Å². The first-order valence-corrected chi connectivity index (χ1v) is 16.0. The zero-order chi connectivity index (χ0) is 33.9. The lowest BCUT2D eigenvalue weighted by Crippen LogP contribution is -2.65. The summed E-state index contributed by atoms with van der Waals surface area (Å²) in [7, 11) is 6.87. The fourth-order valence-corrected chi connectivity index (χ4v) is 8.10. The Hall–Kier alpha value is -4.39. The van der Waals surface area contributed by atoms with Gasteiger partial charge in [-0.25, -0.2) is 0 Å². The average Bonchev–Trinajstić information content (AvgIpc) is 3.01. The van der Waals surface area contributed by atoms with Crippen LogP contribution in [-0.2, 0) is 27.3 Å². The number of likely N-dealkylation sites (N-methyl/N-ethyl adjacent to an activating group) is 1. The second-order valence-corrected chi connectivity index (χ2v) is 13.7. The molecule has 12 heteroatoms. The molecule has 3 aliphatic carbocycles. The lowest BCUT2D eigenvalue weighted by Gasteiger charge is -2.50. The highest BCUT2D eigenvalue weighted by Gasteiger charge is 2.64. The van der Waals surface area contributed by atoms with Crippen LogP contribution in [0.15, 0.2) is 53.3 Å². The van der Waals surface area contributed by atoms with Crippen LogP contribution < -0.4 is 16.0 Å². The van der Waals surface area contributed by atoms with E-state index >= 15 is 0 Å². The Morgan fingerprint density at radius 2 is 1.72 bits per heavy atom. The van der Waals surface area contributed by atoms with Gasteiger partial charge in [-0.3, -0.25) is 24.2 Å². The van der Waals surface area contributed by atoms with E-state index in [0.717, 1.165) is 38.2 Å². The van der Waals surface area contributed by atoms with E-state index in [2.05, 4.69) is 22.3 Å². The number of phenols is 1. The highest BCUT2D eigenvalue weighted by Crippen LogP contribution is 2.54. The van der Waals surface area contributed by atoms with Gasteiger partial charge < -0.3 is 36.4 Å². The molecule has 4 aliphatic rings. The van der Waals surface area contributed by atoms with Crippen LogP contribution in [0.3, 0.4) is 0 Å². The number of likely N-dealkylation sites (tertiary alicyclic amines) is 1. The third-order valence-electron chi connectivity index (χ3n) is 10.4. The summed E-state index contributed by atoms with van der Waals surface area (Å²) in [6, 6.07) is 11.1. The van der Waals surface area contributed by atoms with Crippen LogP contribution in [0.4, 0.5) is 11.4 Å². The molecule has 12 nitrogen and oxygen atoms in total. The monoisotopic (exact) mass is 645 g/mol. The van der Waals surface area contributed by atoms with Gasteiger partial charge in [0.2, 0.25) is 5.78 Å².